The second kappa shape index (κ2) is 7.09. The molecule has 2 atom stereocenters. The number of benzene rings is 1. The molecule has 0 bridgehead atoms. The molecule has 0 spiro atoms. The first-order valence-corrected chi connectivity index (χ1v) is 7.68. The molecule has 20 heavy (non-hydrogen) atoms. The summed E-state index contributed by atoms with van der Waals surface area (Å²) in [6.45, 7) is 0.599. The summed E-state index contributed by atoms with van der Waals surface area (Å²) in [7, 11) is 1.84. The number of nitrogens with zero attached hydrogens (tertiary/aromatic N) is 1. The first-order valence-electron chi connectivity index (χ1n) is 7.30. The van der Waals surface area contributed by atoms with Crippen molar-refractivity contribution in [3.05, 3.63) is 34.9 Å². The maximum Gasteiger partial charge on any atom is 0.222 e. The molecule has 0 heterocycles. The molecule has 1 aliphatic carbocycles. The van der Waals surface area contributed by atoms with Crippen molar-refractivity contribution in [1.82, 2.24) is 4.90 Å². The molecule has 1 amide bonds. The van der Waals surface area contributed by atoms with Gasteiger partial charge in [-0.3, -0.25) is 4.79 Å². The van der Waals surface area contributed by atoms with E-state index in [1.807, 2.05) is 31.3 Å². The number of carbonyl (C=O) groups is 1. The molecule has 2 unspecified atom stereocenters. The fraction of sp³-hybridized carbons (Fsp3) is 0.562. The zero-order chi connectivity index (χ0) is 14.5. The summed E-state index contributed by atoms with van der Waals surface area (Å²) in [5.41, 5.74) is 7.17. The lowest BCUT2D eigenvalue weighted by atomic mass is 9.83. The zero-order valence-corrected chi connectivity index (χ0v) is 12.8. The Hall–Kier alpha value is -1.06. The van der Waals surface area contributed by atoms with E-state index in [4.69, 9.17) is 17.3 Å². The van der Waals surface area contributed by atoms with E-state index in [2.05, 4.69) is 0 Å². The van der Waals surface area contributed by atoms with Crippen molar-refractivity contribution in [2.75, 3.05) is 7.05 Å². The minimum atomic E-state index is 0.173. The Balaban J connectivity index is 1.88. The second-order valence-corrected chi connectivity index (χ2v) is 6.23. The van der Waals surface area contributed by atoms with E-state index in [1.54, 1.807) is 4.90 Å². The van der Waals surface area contributed by atoms with Gasteiger partial charge in [-0.25, -0.2) is 0 Å². The number of nitrogens with two attached hydrogens (primary N) is 1. The topological polar surface area (TPSA) is 46.3 Å². The predicted molar refractivity (Wildman–Crippen MR) is 82.5 cm³/mol. The highest BCUT2D eigenvalue weighted by atomic mass is 35.5. The molecule has 2 rings (SSSR count). The van der Waals surface area contributed by atoms with E-state index >= 15 is 0 Å². The minimum absolute atomic E-state index is 0.173. The van der Waals surface area contributed by atoms with Crippen LogP contribution in [0.15, 0.2) is 24.3 Å². The molecule has 0 aliphatic heterocycles. The number of amides is 1. The molecule has 2 N–H and O–H groups in total. The van der Waals surface area contributed by atoms with E-state index in [0.717, 1.165) is 18.4 Å². The Morgan fingerprint density at radius 3 is 2.85 bits per heavy atom. The average Bonchev–Trinajstić information content (AvgIpc) is 2.41. The normalized spacial score (nSPS) is 22.6. The Morgan fingerprint density at radius 1 is 1.40 bits per heavy atom. The molecule has 3 nitrogen and oxygen atoms in total. The molecule has 0 aromatic heterocycles. The van der Waals surface area contributed by atoms with E-state index < -0.39 is 0 Å². The number of rotatable bonds is 4. The molecule has 1 fully saturated rings. The first-order chi connectivity index (χ1) is 9.56. The van der Waals surface area contributed by atoms with Gasteiger partial charge in [0.15, 0.2) is 0 Å². The average molecular weight is 295 g/mol. The smallest absolute Gasteiger partial charge is 0.222 e. The molecular weight excluding hydrogens is 272 g/mol. The summed E-state index contributed by atoms with van der Waals surface area (Å²) in [4.78, 5) is 14.1. The van der Waals surface area contributed by atoms with Crippen LogP contribution in [0.2, 0.25) is 5.02 Å². The highest BCUT2D eigenvalue weighted by Gasteiger charge is 2.25. The predicted octanol–water partition coefficient (Wildman–Crippen LogP) is 3.21. The van der Waals surface area contributed by atoms with Crippen LogP contribution in [0.1, 0.15) is 37.7 Å². The van der Waals surface area contributed by atoms with Crippen molar-refractivity contribution in [3.63, 3.8) is 0 Å². The van der Waals surface area contributed by atoms with E-state index in [-0.39, 0.29) is 11.9 Å². The molecule has 1 aliphatic rings. The van der Waals surface area contributed by atoms with E-state index in [1.165, 1.54) is 12.8 Å². The van der Waals surface area contributed by atoms with Crippen LogP contribution in [0.5, 0.6) is 0 Å². The summed E-state index contributed by atoms with van der Waals surface area (Å²) >= 11 is 5.96. The van der Waals surface area contributed by atoms with Gasteiger partial charge in [-0.15, -0.1) is 0 Å². The first kappa shape index (κ1) is 15.3. The van der Waals surface area contributed by atoms with Crippen LogP contribution < -0.4 is 5.73 Å². The lowest BCUT2D eigenvalue weighted by Crippen LogP contribution is -2.37. The lowest BCUT2D eigenvalue weighted by Gasteiger charge is -2.29. The van der Waals surface area contributed by atoms with Gasteiger partial charge in [-0.05, 0) is 36.5 Å². The third-order valence-corrected chi connectivity index (χ3v) is 4.37. The fourth-order valence-electron chi connectivity index (χ4n) is 2.87. The van der Waals surface area contributed by atoms with Gasteiger partial charge in [0.1, 0.15) is 0 Å². The van der Waals surface area contributed by atoms with Crippen LogP contribution >= 0.6 is 11.6 Å². The van der Waals surface area contributed by atoms with Gasteiger partial charge in [0.05, 0.1) is 0 Å². The minimum Gasteiger partial charge on any atom is -0.341 e. The third kappa shape index (κ3) is 4.22. The van der Waals surface area contributed by atoms with Crippen molar-refractivity contribution in [3.8, 4) is 0 Å². The van der Waals surface area contributed by atoms with Gasteiger partial charge >= 0.3 is 0 Å². The van der Waals surface area contributed by atoms with Crippen LogP contribution in [0.4, 0.5) is 0 Å². The van der Waals surface area contributed by atoms with Crippen LogP contribution in [-0.2, 0) is 11.3 Å². The Labute approximate surface area is 126 Å². The van der Waals surface area contributed by atoms with Gasteiger partial charge in [0.25, 0.3) is 0 Å². The van der Waals surface area contributed by atoms with Crippen molar-refractivity contribution in [1.29, 1.82) is 0 Å². The lowest BCUT2D eigenvalue weighted by molar-refractivity contribution is -0.131. The molecule has 1 saturated carbocycles. The Morgan fingerprint density at radius 2 is 2.15 bits per heavy atom. The van der Waals surface area contributed by atoms with Crippen LogP contribution in [-0.4, -0.2) is 23.9 Å². The summed E-state index contributed by atoms with van der Waals surface area (Å²) in [5, 5.41) is 0.706. The summed E-state index contributed by atoms with van der Waals surface area (Å²) < 4.78 is 0. The molecule has 110 valence electrons. The number of hydrogen-bond acceptors (Lipinski definition) is 2. The van der Waals surface area contributed by atoms with Crippen molar-refractivity contribution in [2.24, 2.45) is 11.7 Å². The molecular formula is C16H23ClN2O. The van der Waals surface area contributed by atoms with Crippen molar-refractivity contribution < 1.29 is 4.79 Å². The summed E-state index contributed by atoms with van der Waals surface area (Å²) in [6.07, 6.45) is 5.10. The number of hydrogen-bond donors (Lipinski definition) is 1. The molecule has 0 saturated heterocycles. The summed E-state index contributed by atoms with van der Waals surface area (Å²) in [6, 6.07) is 7.83. The van der Waals surface area contributed by atoms with Gasteiger partial charge in [-0.1, -0.05) is 36.6 Å². The monoisotopic (exact) mass is 294 g/mol. The molecule has 0 radical (unpaired) electrons. The Kier molecular flexibility index (Phi) is 5.44. The zero-order valence-electron chi connectivity index (χ0n) is 12.0. The third-order valence-electron chi connectivity index (χ3n) is 4.14. The number of halogens is 1. The second-order valence-electron chi connectivity index (χ2n) is 5.79. The van der Waals surface area contributed by atoms with Crippen molar-refractivity contribution >= 4 is 17.5 Å². The van der Waals surface area contributed by atoms with Gasteiger partial charge in [0.2, 0.25) is 5.91 Å². The van der Waals surface area contributed by atoms with Crippen LogP contribution in [0.3, 0.4) is 0 Å². The molecule has 1 aromatic rings. The van der Waals surface area contributed by atoms with Crippen molar-refractivity contribution in [2.45, 2.75) is 44.7 Å². The van der Waals surface area contributed by atoms with Gasteiger partial charge < -0.3 is 10.6 Å². The fourth-order valence-corrected chi connectivity index (χ4v) is 3.08. The maximum atomic E-state index is 12.3. The highest BCUT2D eigenvalue weighted by molar-refractivity contribution is 6.30. The molecule has 1 aromatic carbocycles. The number of carbonyl (C=O) groups excluding carboxylic acids is 1. The standard InChI is InChI=1S/C16H23ClN2O/c1-19(11-12-5-4-7-14(17)9-12)16(20)10-13-6-2-3-8-15(13)18/h4-5,7,9,13,15H,2-3,6,8,10-11,18H2,1H3. The summed E-state index contributed by atoms with van der Waals surface area (Å²) in [5.74, 6) is 0.519. The maximum absolute atomic E-state index is 12.3. The molecule has 4 heteroatoms. The van der Waals surface area contributed by atoms with E-state index in [0.29, 0.717) is 23.9 Å². The SMILES string of the molecule is CN(Cc1cccc(Cl)c1)C(=O)CC1CCCCC1N. The van der Waals surface area contributed by atoms with Crippen LogP contribution in [0.25, 0.3) is 0 Å². The van der Waals surface area contributed by atoms with Gasteiger partial charge in [-0.2, -0.15) is 0 Å². The van der Waals surface area contributed by atoms with Gasteiger partial charge in [0, 0.05) is 31.1 Å². The van der Waals surface area contributed by atoms with E-state index in [9.17, 15) is 4.79 Å². The van der Waals surface area contributed by atoms with Crippen LogP contribution in [0, 0.1) is 5.92 Å². The largest absolute Gasteiger partial charge is 0.341 e. The Bertz CT molecular complexity index is 464. The highest BCUT2D eigenvalue weighted by Crippen LogP contribution is 2.26. The quantitative estimate of drug-likeness (QED) is 0.927.